The molecule has 33 heavy (non-hydrogen) atoms. The van der Waals surface area contributed by atoms with E-state index < -0.39 is 0 Å². The highest BCUT2D eigenvalue weighted by Gasteiger charge is 2.18. The topological polar surface area (TPSA) is 102 Å². The molecule has 1 amide bonds. The molecule has 1 fully saturated rings. The summed E-state index contributed by atoms with van der Waals surface area (Å²) in [6, 6.07) is 19.3. The molecule has 1 aliphatic rings. The molecule has 2 N–H and O–H groups in total. The number of rotatable bonds is 6. The number of amidine groups is 1. The van der Waals surface area contributed by atoms with E-state index in [2.05, 4.69) is 22.4 Å². The SMILES string of the molecule is Cc1cc(N2CCOCC2=N)ccc1-c1ccc(CC(=O)NCc2cccc(C#N)c2)nc1. The summed E-state index contributed by atoms with van der Waals surface area (Å²) in [4.78, 5) is 18.8. The Balaban J connectivity index is 1.38. The molecule has 0 atom stereocenters. The molecule has 7 heteroatoms. The van der Waals surface area contributed by atoms with Crippen LogP contribution in [0.15, 0.2) is 60.8 Å². The molecule has 0 radical (unpaired) electrons. The van der Waals surface area contributed by atoms with Crippen LogP contribution in [0.1, 0.15) is 22.4 Å². The van der Waals surface area contributed by atoms with Crippen molar-refractivity contribution in [3.63, 3.8) is 0 Å². The van der Waals surface area contributed by atoms with Crippen molar-refractivity contribution < 1.29 is 9.53 Å². The Kier molecular flexibility index (Phi) is 6.77. The number of nitriles is 1. The summed E-state index contributed by atoms with van der Waals surface area (Å²) in [5.41, 5.74) is 6.29. The number of ether oxygens (including phenoxy) is 1. The normalized spacial score (nSPS) is 13.5. The number of nitrogens with one attached hydrogen (secondary N) is 2. The van der Waals surface area contributed by atoms with Crippen LogP contribution in [0.4, 0.5) is 5.69 Å². The summed E-state index contributed by atoms with van der Waals surface area (Å²) in [5.74, 6) is 0.349. The molecule has 0 saturated carbocycles. The molecule has 7 nitrogen and oxygen atoms in total. The molecular formula is C26H25N5O2. The van der Waals surface area contributed by atoms with Gasteiger partial charge in [-0.05, 0) is 53.9 Å². The Labute approximate surface area is 193 Å². The Morgan fingerprint density at radius 2 is 2.12 bits per heavy atom. The molecule has 1 saturated heterocycles. The number of aromatic nitrogens is 1. The van der Waals surface area contributed by atoms with Crippen molar-refractivity contribution in [3.8, 4) is 17.2 Å². The first-order chi connectivity index (χ1) is 16.0. The average molecular weight is 440 g/mol. The zero-order valence-corrected chi connectivity index (χ0v) is 18.5. The van der Waals surface area contributed by atoms with E-state index >= 15 is 0 Å². The van der Waals surface area contributed by atoms with Crippen LogP contribution in [-0.4, -0.2) is 36.5 Å². The molecule has 0 spiro atoms. The summed E-state index contributed by atoms with van der Waals surface area (Å²) in [6.07, 6.45) is 1.98. The number of benzene rings is 2. The van der Waals surface area contributed by atoms with Crippen molar-refractivity contribution in [2.24, 2.45) is 0 Å². The third-order valence-electron chi connectivity index (χ3n) is 5.57. The number of morpholine rings is 1. The van der Waals surface area contributed by atoms with Gasteiger partial charge in [-0.15, -0.1) is 0 Å². The van der Waals surface area contributed by atoms with E-state index in [4.69, 9.17) is 15.4 Å². The van der Waals surface area contributed by atoms with Gasteiger partial charge in [0.15, 0.2) is 0 Å². The number of nitrogens with zero attached hydrogens (tertiary/aromatic N) is 3. The first kappa shape index (κ1) is 22.2. The van der Waals surface area contributed by atoms with E-state index in [-0.39, 0.29) is 12.3 Å². The number of carbonyl (C=O) groups is 1. The van der Waals surface area contributed by atoms with Gasteiger partial charge in [-0.2, -0.15) is 5.26 Å². The number of carbonyl (C=O) groups excluding carboxylic acids is 1. The van der Waals surface area contributed by atoms with Gasteiger partial charge < -0.3 is 15.0 Å². The van der Waals surface area contributed by atoms with Crippen molar-refractivity contribution in [1.29, 1.82) is 10.7 Å². The van der Waals surface area contributed by atoms with Gasteiger partial charge in [-0.1, -0.05) is 24.3 Å². The summed E-state index contributed by atoms with van der Waals surface area (Å²) >= 11 is 0. The summed E-state index contributed by atoms with van der Waals surface area (Å²) < 4.78 is 5.33. The van der Waals surface area contributed by atoms with Crippen molar-refractivity contribution in [3.05, 3.63) is 83.2 Å². The molecule has 2 heterocycles. The molecule has 0 aliphatic carbocycles. The van der Waals surface area contributed by atoms with Crippen LogP contribution in [0, 0.1) is 23.7 Å². The molecular weight excluding hydrogens is 414 g/mol. The van der Waals surface area contributed by atoms with Crippen LogP contribution in [0.2, 0.25) is 0 Å². The van der Waals surface area contributed by atoms with Gasteiger partial charge in [0.1, 0.15) is 12.4 Å². The van der Waals surface area contributed by atoms with E-state index in [1.54, 1.807) is 24.4 Å². The third kappa shape index (κ3) is 5.43. The van der Waals surface area contributed by atoms with E-state index in [9.17, 15) is 4.79 Å². The fourth-order valence-electron chi connectivity index (χ4n) is 3.83. The van der Waals surface area contributed by atoms with E-state index in [1.807, 2.05) is 42.2 Å². The lowest BCUT2D eigenvalue weighted by Crippen LogP contribution is -2.41. The van der Waals surface area contributed by atoms with Crippen LogP contribution in [0.3, 0.4) is 0 Å². The molecule has 2 aromatic carbocycles. The second-order valence-corrected chi connectivity index (χ2v) is 7.95. The van der Waals surface area contributed by atoms with Gasteiger partial charge in [-0.25, -0.2) is 0 Å². The van der Waals surface area contributed by atoms with Gasteiger partial charge in [0.25, 0.3) is 0 Å². The number of pyridine rings is 1. The van der Waals surface area contributed by atoms with Gasteiger partial charge in [0, 0.05) is 36.2 Å². The van der Waals surface area contributed by atoms with Gasteiger partial charge in [0.2, 0.25) is 5.91 Å². The van der Waals surface area contributed by atoms with Crippen molar-refractivity contribution >= 4 is 17.4 Å². The largest absolute Gasteiger partial charge is 0.372 e. The maximum atomic E-state index is 12.3. The smallest absolute Gasteiger partial charge is 0.226 e. The molecule has 0 unspecified atom stereocenters. The van der Waals surface area contributed by atoms with E-state index in [0.717, 1.165) is 27.9 Å². The average Bonchev–Trinajstić information content (AvgIpc) is 2.84. The molecule has 1 aliphatic heterocycles. The number of hydrogen-bond donors (Lipinski definition) is 2. The lowest BCUT2D eigenvalue weighted by Gasteiger charge is -2.29. The Morgan fingerprint density at radius 1 is 1.24 bits per heavy atom. The van der Waals surface area contributed by atoms with Crippen LogP contribution in [0.5, 0.6) is 0 Å². The Bertz CT molecular complexity index is 1210. The fraction of sp³-hybridized carbons (Fsp3) is 0.231. The predicted octanol–water partition coefficient (Wildman–Crippen LogP) is 3.60. The van der Waals surface area contributed by atoms with E-state index in [1.165, 1.54) is 0 Å². The van der Waals surface area contributed by atoms with Gasteiger partial charge in [-0.3, -0.25) is 15.2 Å². The molecule has 4 rings (SSSR count). The highest BCUT2D eigenvalue weighted by Crippen LogP contribution is 2.28. The van der Waals surface area contributed by atoms with Crippen molar-refractivity contribution in [1.82, 2.24) is 10.3 Å². The zero-order valence-electron chi connectivity index (χ0n) is 18.5. The predicted molar refractivity (Wildman–Crippen MR) is 127 cm³/mol. The van der Waals surface area contributed by atoms with Gasteiger partial charge >= 0.3 is 0 Å². The van der Waals surface area contributed by atoms with Crippen LogP contribution in [0.25, 0.3) is 11.1 Å². The lowest BCUT2D eigenvalue weighted by molar-refractivity contribution is -0.120. The number of amides is 1. The van der Waals surface area contributed by atoms with Gasteiger partial charge in [0.05, 0.1) is 24.7 Å². The highest BCUT2D eigenvalue weighted by molar-refractivity contribution is 5.97. The maximum Gasteiger partial charge on any atom is 0.226 e. The summed E-state index contributed by atoms with van der Waals surface area (Å²) in [6.45, 7) is 4.06. The van der Waals surface area contributed by atoms with Crippen molar-refractivity contribution in [2.45, 2.75) is 19.9 Å². The van der Waals surface area contributed by atoms with Crippen LogP contribution >= 0.6 is 0 Å². The molecule has 166 valence electrons. The molecule has 1 aromatic heterocycles. The fourth-order valence-corrected chi connectivity index (χ4v) is 3.83. The monoisotopic (exact) mass is 439 g/mol. The van der Waals surface area contributed by atoms with Crippen LogP contribution in [-0.2, 0) is 22.5 Å². The minimum absolute atomic E-state index is 0.119. The summed E-state index contributed by atoms with van der Waals surface area (Å²) in [5, 5.41) is 19.9. The van der Waals surface area contributed by atoms with Crippen LogP contribution < -0.4 is 10.2 Å². The zero-order chi connectivity index (χ0) is 23.2. The Morgan fingerprint density at radius 3 is 2.85 bits per heavy atom. The van der Waals surface area contributed by atoms with Crippen molar-refractivity contribution in [2.75, 3.05) is 24.7 Å². The molecule has 0 bridgehead atoms. The lowest BCUT2D eigenvalue weighted by atomic mass is 10.0. The number of anilines is 1. The standard InChI is InChI=1S/C26H25N5O2/c1-18-11-23(31-9-10-33-17-25(31)28)7-8-24(18)21-5-6-22(29-16-21)13-26(32)30-15-20-4-2-3-19(12-20)14-27/h2-8,11-12,16,28H,9-10,13,15,17H2,1H3,(H,30,32). The first-order valence-corrected chi connectivity index (χ1v) is 10.8. The second-order valence-electron chi connectivity index (χ2n) is 7.95. The Hall–Kier alpha value is -4.02. The highest BCUT2D eigenvalue weighted by atomic mass is 16.5. The number of aryl methyl sites for hydroxylation is 1. The minimum atomic E-state index is -0.119. The minimum Gasteiger partial charge on any atom is -0.372 e. The summed E-state index contributed by atoms with van der Waals surface area (Å²) in [7, 11) is 0. The number of hydrogen-bond acceptors (Lipinski definition) is 5. The quantitative estimate of drug-likeness (QED) is 0.611. The first-order valence-electron chi connectivity index (χ1n) is 10.8. The third-order valence-corrected chi connectivity index (χ3v) is 5.57. The maximum absolute atomic E-state index is 12.3. The van der Waals surface area contributed by atoms with E-state index in [0.29, 0.717) is 43.4 Å². The molecule has 3 aromatic rings. The second kappa shape index (κ2) is 10.1.